The molecule has 1 aliphatic carbocycles. The highest BCUT2D eigenvalue weighted by Gasteiger charge is 2.06. The van der Waals surface area contributed by atoms with Crippen molar-refractivity contribution in [2.75, 3.05) is 0 Å². The van der Waals surface area contributed by atoms with E-state index in [1.54, 1.807) is 6.26 Å². The second-order valence-electron chi connectivity index (χ2n) is 4.27. The van der Waals surface area contributed by atoms with Crippen molar-refractivity contribution in [1.29, 1.82) is 5.26 Å². The molecule has 1 aromatic carbocycles. The van der Waals surface area contributed by atoms with Gasteiger partial charge in [-0.1, -0.05) is 48.1 Å². The zero-order chi connectivity index (χ0) is 12.8. The Morgan fingerprint density at radius 2 is 2.17 bits per heavy atom. The number of nitriles is 1. The van der Waals surface area contributed by atoms with Gasteiger partial charge in [0.1, 0.15) is 5.75 Å². The molecule has 0 N–H and O–H groups in total. The predicted molar refractivity (Wildman–Crippen MR) is 72.0 cm³/mol. The molecule has 0 fully saturated rings. The maximum Gasteiger partial charge on any atom is 0.292 e. The van der Waals surface area contributed by atoms with E-state index < -0.39 is 0 Å². The van der Waals surface area contributed by atoms with Crippen molar-refractivity contribution in [1.82, 2.24) is 0 Å². The molecule has 0 heterocycles. The molecule has 2 nitrogen and oxygen atoms in total. The number of para-hydroxylation sites is 1. The van der Waals surface area contributed by atoms with Gasteiger partial charge >= 0.3 is 0 Å². The predicted octanol–water partition coefficient (Wildman–Crippen LogP) is 3.92. The van der Waals surface area contributed by atoms with E-state index in [-0.39, 0.29) is 0 Å². The van der Waals surface area contributed by atoms with E-state index in [2.05, 4.69) is 31.2 Å². The van der Waals surface area contributed by atoms with Gasteiger partial charge in [0.05, 0.1) is 0 Å². The van der Waals surface area contributed by atoms with Gasteiger partial charge in [-0.3, -0.25) is 0 Å². The van der Waals surface area contributed by atoms with Crippen LogP contribution in [0.5, 0.6) is 5.75 Å². The summed E-state index contributed by atoms with van der Waals surface area (Å²) in [6, 6.07) is 7.67. The highest BCUT2D eigenvalue weighted by Crippen LogP contribution is 2.24. The summed E-state index contributed by atoms with van der Waals surface area (Å²) in [6.45, 7) is 2.13. The molecule has 18 heavy (non-hydrogen) atoms. The van der Waals surface area contributed by atoms with Crippen molar-refractivity contribution in [3.63, 3.8) is 0 Å². The van der Waals surface area contributed by atoms with Crippen LogP contribution in [-0.4, -0.2) is 0 Å². The second kappa shape index (κ2) is 5.88. The lowest BCUT2D eigenvalue weighted by molar-refractivity contribution is 0.501. The number of benzene rings is 1. The average molecular weight is 237 g/mol. The molecule has 0 saturated carbocycles. The van der Waals surface area contributed by atoms with E-state index in [0.29, 0.717) is 5.75 Å². The summed E-state index contributed by atoms with van der Waals surface area (Å²) in [5.41, 5.74) is 3.70. The van der Waals surface area contributed by atoms with Crippen LogP contribution in [-0.2, 0) is 6.42 Å². The SMILES string of the molecule is CC(Cc1ccccc1OC#N)=C1C=CC=CC1. The fourth-order valence-corrected chi connectivity index (χ4v) is 2.03. The summed E-state index contributed by atoms with van der Waals surface area (Å²) in [5.74, 6) is 0.648. The molecule has 0 spiro atoms. The highest BCUT2D eigenvalue weighted by molar-refractivity contribution is 5.40. The number of allylic oxidation sites excluding steroid dienone is 6. The molecule has 0 aromatic heterocycles. The van der Waals surface area contributed by atoms with Crippen LogP contribution < -0.4 is 4.74 Å². The molecule has 1 aliphatic rings. The van der Waals surface area contributed by atoms with Crippen molar-refractivity contribution in [2.24, 2.45) is 0 Å². The average Bonchev–Trinajstić information content (AvgIpc) is 2.42. The largest absolute Gasteiger partial charge is 0.388 e. The van der Waals surface area contributed by atoms with Gasteiger partial charge in [-0.25, -0.2) is 0 Å². The number of ether oxygens (including phenoxy) is 1. The van der Waals surface area contributed by atoms with Crippen LogP contribution in [0.4, 0.5) is 0 Å². The maximum absolute atomic E-state index is 8.62. The zero-order valence-electron chi connectivity index (χ0n) is 10.4. The molecule has 0 amide bonds. The lowest BCUT2D eigenvalue weighted by Crippen LogP contribution is -1.96. The Morgan fingerprint density at radius 1 is 1.33 bits per heavy atom. The molecule has 1 aromatic rings. The first-order valence-corrected chi connectivity index (χ1v) is 5.97. The van der Waals surface area contributed by atoms with Crippen molar-refractivity contribution < 1.29 is 4.74 Å². The topological polar surface area (TPSA) is 33.0 Å². The van der Waals surface area contributed by atoms with E-state index in [1.807, 2.05) is 24.3 Å². The van der Waals surface area contributed by atoms with Crippen LogP contribution in [0.3, 0.4) is 0 Å². The van der Waals surface area contributed by atoms with Crippen LogP contribution in [0.2, 0.25) is 0 Å². The molecule has 0 unspecified atom stereocenters. The second-order valence-corrected chi connectivity index (χ2v) is 4.27. The first kappa shape index (κ1) is 12.2. The molecular weight excluding hydrogens is 222 g/mol. The first-order valence-electron chi connectivity index (χ1n) is 5.97. The molecule has 0 aliphatic heterocycles. The minimum Gasteiger partial charge on any atom is -0.388 e. The maximum atomic E-state index is 8.62. The molecule has 0 atom stereocenters. The van der Waals surface area contributed by atoms with E-state index in [1.165, 1.54) is 11.1 Å². The third kappa shape index (κ3) is 2.89. The van der Waals surface area contributed by atoms with Gasteiger partial charge in [-0.05, 0) is 37.0 Å². The van der Waals surface area contributed by atoms with Gasteiger partial charge in [-0.15, -0.1) is 5.26 Å². The molecule has 0 saturated heterocycles. The van der Waals surface area contributed by atoms with Crippen LogP contribution in [0.15, 0.2) is 59.7 Å². The third-order valence-corrected chi connectivity index (χ3v) is 3.01. The number of hydrogen-bond acceptors (Lipinski definition) is 2. The monoisotopic (exact) mass is 237 g/mol. The number of nitrogens with zero attached hydrogens (tertiary/aromatic N) is 1. The van der Waals surface area contributed by atoms with Gasteiger partial charge in [0.2, 0.25) is 0 Å². The van der Waals surface area contributed by atoms with Crippen LogP contribution in [0.1, 0.15) is 18.9 Å². The van der Waals surface area contributed by atoms with E-state index >= 15 is 0 Å². The standard InChI is InChI=1S/C16H15NO/c1-13(14-7-3-2-4-8-14)11-15-9-5-6-10-16(15)18-12-17/h2-7,9-10H,8,11H2,1H3. The summed E-state index contributed by atoms with van der Waals surface area (Å²) in [5, 5.41) is 8.62. The summed E-state index contributed by atoms with van der Waals surface area (Å²) in [6.07, 6.45) is 11.9. The summed E-state index contributed by atoms with van der Waals surface area (Å²) in [7, 11) is 0. The Labute approximate surface area is 108 Å². The van der Waals surface area contributed by atoms with Crippen molar-refractivity contribution in [2.45, 2.75) is 19.8 Å². The molecule has 2 heteroatoms. The van der Waals surface area contributed by atoms with E-state index in [0.717, 1.165) is 18.4 Å². The van der Waals surface area contributed by atoms with Crippen LogP contribution >= 0.6 is 0 Å². The minimum absolute atomic E-state index is 0.648. The molecule has 0 bridgehead atoms. The van der Waals surface area contributed by atoms with E-state index in [9.17, 15) is 0 Å². The first-order chi connectivity index (χ1) is 8.81. The highest BCUT2D eigenvalue weighted by atomic mass is 16.5. The van der Waals surface area contributed by atoms with E-state index in [4.69, 9.17) is 10.00 Å². The zero-order valence-corrected chi connectivity index (χ0v) is 10.4. The van der Waals surface area contributed by atoms with Crippen molar-refractivity contribution >= 4 is 0 Å². The summed E-state index contributed by atoms with van der Waals surface area (Å²) >= 11 is 0. The molecular formula is C16H15NO. The third-order valence-electron chi connectivity index (χ3n) is 3.01. The molecule has 90 valence electrons. The molecule has 0 radical (unpaired) electrons. The Balaban J connectivity index is 2.22. The lowest BCUT2D eigenvalue weighted by Gasteiger charge is -2.11. The Hall–Kier alpha value is -2.27. The smallest absolute Gasteiger partial charge is 0.292 e. The summed E-state index contributed by atoms with van der Waals surface area (Å²) in [4.78, 5) is 0. The lowest BCUT2D eigenvalue weighted by atomic mass is 9.96. The quantitative estimate of drug-likeness (QED) is 0.746. The summed E-state index contributed by atoms with van der Waals surface area (Å²) < 4.78 is 4.98. The van der Waals surface area contributed by atoms with Gasteiger partial charge in [-0.2, -0.15) is 0 Å². The van der Waals surface area contributed by atoms with Gasteiger partial charge in [0, 0.05) is 0 Å². The van der Waals surface area contributed by atoms with Crippen LogP contribution in [0.25, 0.3) is 0 Å². The van der Waals surface area contributed by atoms with Gasteiger partial charge in [0.15, 0.2) is 0 Å². The van der Waals surface area contributed by atoms with Crippen molar-refractivity contribution in [3.8, 4) is 12.0 Å². The number of hydrogen-bond donors (Lipinski definition) is 0. The van der Waals surface area contributed by atoms with Gasteiger partial charge < -0.3 is 4.74 Å². The Morgan fingerprint density at radius 3 is 2.89 bits per heavy atom. The van der Waals surface area contributed by atoms with Crippen molar-refractivity contribution in [3.05, 3.63) is 65.3 Å². The normalized spacial score (nSPS) is 16.2. The Kier molecular flexibility index (Phi) is 3.98. The Bertz CT molecular complexity index is 559. The number of rotatable bonds is 3. The fraction of sp³-hybridized carbons (Fsp3) is 0.188. The van der Waals surface area contributed by atoms with Gasteiger partial charge in [0.25, 0.3) is 6.26 Å². The van der Waals surface area contributed by atoms with Crippen LogP contribution in [0, 0.1) is 11.5 Å². The molecule has 2 rings (SSSR count). The minimum atomic E-state index is 0.648. The fourth-order valence-electron chi connectivity index (χ4n) is 2.03.